The molecule has 1 heterocycles. The number of carbonyl (C=O) groups is 1. The molecule has 0 radical (unpaired) electrons. The van der Waals surface area contributed by atoms with E-state index in [9.17, 15) is 9.18 Å². The van der Waals surface area contributed by atoms with Gasteiger partial charge in [-0.25, -0.2) is 9.07 Å². The molecule has 0 spiro atoms. The zero-order valence-corrected chi connectivity index (χ0v) is 13.9. The number of nitrogens with one attached hydrogen (secondary N) is 1. The Hall–Kier alpha value is -3.17. The van der Waals surface area contributed by atoms with E-state index in [-0.39, 0.29) is 10.7 Å². The molecule has 0 aliphatic rings. The van der Waals surface area contributed by atoms with E-state index in [1.807, 2.05) is 6.07 Å². The highest BCUT2D eigenvalue weighted by Crippen LogP contribution is 2.22. The number of aromatic nitrogens is 2. The maximum atomic E-state index is 13.9. The van der Waals surface area contributed by atoms with Gasteiger partial charge in [-0.1, -0.05) is 23.7 Å². The van der Waals surface area contributed by atoms with Crippen molar-refractivity contribution >= 4 is 23.2 Å². The number of nitriles is 1. The first-order chi connectivity index (χ1) is 12.0. The largest absolute Gasteiger partial charge is 0.322 e. The summed E-state index contributed by atoms with van der Waals surface area (Å²) in [5, 5.41) is 15.9. The fourth-order valence-corrected chi connectivity index (χ4v) is 2.60. The van der Waals surface area contributed by atoms with E-state index >= 15 is 0 Å². The number of halogens is 2. The van der Waals surface area contributed by atoms with Crippen molar-refractivity contribution in [2.24, 2.45) is 0 Å². The molecular formula is C18H12ClFN4O. The third-order valence-electron chi connectivity index (χ3n) is 3.68. The highest BCUT2D eigenvalue weighted by molar-refractivity contribution is 6.32. The van der Waals surface area contributed by atoms with Gasteiger partial charge in [0.15, 0.2) is 0 Å². The van der Waals surface area contributed by atoms with Gasteiger partial charge in [0.25, 0.3) is 5.91 Å². The van der Waals surface area contributed by atoms with Crippen molar-refractivity contribution in [1.29, 1.82) is 5.26 Å². The Morgan fingerprint density at radius 1 is 1.32 bits per heavy atom. The molecule has 0 aliphatic heterocycles. The average molecular weight is 355 g/mol. The smallest absolute Gasteiger partial charge is 0.259 e. The van der Waals surface area contributed by atoms with Crippen molar-refractivity contribution < 1.29 is 9.18 Å². The van der Waals surface area contributed by atoms with Gasteiger partial charge in [0, 0.05) is 5.69 Å². The molecule has 5 nitrogen and oxygen atoms in total. The molecule has 25 heavy (non-hydrogen) atoms. The van der Waals surface area contributed by atoms with Gasteiger partial charge in [0.2, 0.25) is 0 Å². The lowest BCUT2D eigenvalue weighted by Crippen LogP contribution is -2.13. The van der Waals surface area contributed by atoms with Gasteiger partial charge < -0.3 is 5.32 Å². The predicted molar refractivity (Wildman–Crippen MR) is 92.4 cm³/mol. The summed E-state index contributed by atoms with van der Waals surface area (Å²) in [5.41, 5.74) is 1.85. The maximum absolute atomic E-state index is 13.9. The number of nitrogens with zero attached hydrogens (tertiary/aromatic N) is 3. The lowest BCUT2D eigenvalue weighted by atomic mass is 10.2. The zero-order chi connectivity index (χ0) is 18.0. The Balaban J connectivity index is 1.88. The molecule has 1 amide bonds. The summed E-state index contributed by atoms with van der Waals surface area (Å²) < 4.78 is 15.3. The normalized spacial score (nSPS) is 10.3. The topological polar surface area (TPSA) is 70.7 Å². The maximum Gasteiger partial charge on any atom is 0.259 e. The summed E-state index contributed by atoms with van der Waals surface area (Å²) in [6.45, 7) is 1.68. The fourth-order valence-electron chi connectivity index (χ4n) is 2.38. The van der Waals surface area contributed by atoms with Crippen LogP contribution < -0.4 is 5.32 Å². The monoisotopic (exact) mass is 354 g/mol. The van der Waals surface area contributed by atoms with Gasteiger partial charge in [-0.2, -0.15) is 10.4 Å². The van der Waals surface area contributed by atoms with Crippen LogP contribution in [-0.2, 0) is 0 Å². The van der Waals surface area contributed by atoms with Crippen LogP contribution in [-0.4, -0.2) is 15.7 Å². The molecule has 1 aromatic heterocycles. The first kappa shape index (κ1) is 16.7. The molecular weight excluding hydrogens is 343 g/mol. The summed E-state index contributed by atoms with van der Waals surface area (Å²) in [4.78, 5) is 12.5. The Morgan fingerprint density at radius 3 is 2.76 bits per heavy atom. The Kier molecular flexibility index (Phi) is 4.50. The number of carbonyl (C=O) groups excluding carboxylic acids is 1. The summed E-state index contributed by atoms with van der Waals surface area (Å²) in [7, 11) is 0. The van der Waals surface area contributed by atoms with Crippen molar-refractivity contribution in [1.82, 2.24) is 9.78 Å². The van der Waals surface area contributed by atoms with Crippen LogP contribution >= 0.6 is 11.6 Å². The number of benzene rings is 2. The lowest BCUT2D eigenvalue weighted by molar-refractivity contribution is 0.102. The van der Waals surface area contributed by atoms with Crippen LogP contribution in [0.5, 0.6) is 0 Å². The summed E-state index contributed by atoms with van der Waals surface area (Å²) in [6.07, 6.45) is 1.38. The minimum atomic E-state index is -0.431. The highest BCUT2D eigenvalue weighted by atomic mass is 35.5. The van der Waals surface area contributed by atoms with Crippen LogP contribution in [0, 0.1) is 24.1 Å². The Morgan fingerprint density at radius 2 is 2.08 bits per heavy atom. The minimum Gasteiger partial charge on any atom is -0.322 e. The van der Waals surface area contributed by atoms with E-state index in [0.717, 1.165) is 0 Å². The van der Waals surface area contributed by atoms with E-state index in [2.05, 4.69) is 10.4 Å². The summed E-state index contributed by atoms with van der Waals surface area (Å²) in [6, 6.07) is 12.7. The van der Waals surface area contributed by atoms with Crippen LogP contribution in [0.15, 0.2) is 48.7 Å². The van der Waals surface area contributed by atoms with Crippen molar-refractivity contribution in [3.8, 4) is 11.8 Å². The zero-order valence-electron chi connectivity index (χ0n) is 13.1. The molecule has 1 N–H and O–H groups in total. The second-order valence-corrected chi connectivity index (χ2v) is 5.67. The van der Waals surface area contributed by atoms with Crippen LogP contribution in [0.2, 0.25) is 5.02 Å². The molecule has 0 saturated carbocycles. The molecule has 0 atom stereocenters. The number of amides is 1. The first-order valence-corrected chi connectivity index (χ1v) is 7.69. The number of anilines is 1. The van der Waals surface area contributed by atoms with E-state index in [1.165, 1.54) is 29.1 Å². The molecule has 3 rings (SSSR count). The minimum absolute atomic E-state index is 0.249. The van der Waals surface area contributed by atoms with Gasteiger partial charge in [-0.05, 0) is 37.3 Å². The van der Waals surface area contributed by atoms with Gasteiger partial charge in [0.05, 0.1) is 28.0 Å². The Bertz CT molecular complexity index is 1010. The third-order valence-corrected chi connectivity index (χ3v) is 4.00. The summed E-state index contributed by atoms with van der Waals surface area (Å²) in [5.74, 6) is -0.833. The molecule has 124 valence electrons. The highest BCUT2D eigenvalue weighted by Gasteiger charge is 2.17. The van der Waals surface area contributed by atoms with Gasteiger partial charge in [-0.15, -0.1) is 0 Å². The molecule has 0 bridgehead atoms. The van der Waals surface area contributed by atoms with Crippen molar-refractivity contribution in [3.63, 3.8) is 0 Å². The van der Waals surface area contributed by atoms with E-state index in [1.54, 1.807) is 31.2 Å². The molecule has 0 saturated heterocycles. The van der Waals surface area contributed by atoms with E-state index < -0.39 is 11.7 Å². The number of hydrogen-bond acceptors (Lipinski definition) is 3. The van der Waals surface area contributed by atoms with Crippen LogP contribution in [0.4, 0.5) is 10.1 Å². The average Bonchev–Trinajstić information content (AvgIpc) is 2.97. The molecule has 0 unspecified atom stereocenters. The van der Waals surface area contributed by atoms with E-state index in [0.29, 0.717) is 22.5 Å². The molecule has 7 heteroatoms. The van der Waals surface area contributed by atoms with Crippen LogP contribution in [0.25, 0.3) is 5.69 Å². The second kappa shape index (κ2) is 6.75. The lowest BCUT2D eigenvalue weighted by Gasteiger charge is -2.08. The van der Waals surface area contributed by atoms with Crippen molar-refractivity contribution in [3.05, 3.63) is 76.3 Å². The van der Waals surface area contributed by atoms with Crippen LogP contribution in [0.3, 0.4) is 0 Å². The Labute approximate surface area is 148 Å². The number of rotatable bonds is 3. The number of para-hydroxylation sites is 1. The van der Waals surface area contributed by atoms with Gasteiger partial charge in [-0.3, -0.25) is 4.79 Å². The third kappa shape index (κ3) is 3.23. The van der Waals surface area contributed by atoms with Crippen LogP contribution in [0.1, 0.15) is 21.6 Å². The van der Waals surface area contributed by atoms with Crippen molar-refractivity contribution in [2.45, 2.75) is 6.92 Å². The van der Waals surface area contributed by atoms with Gasteiger partial charge >= 0.3 is 0 Å². The molecule has 2 aromatic carbocycles. The summed E-state index contributed by atoms with van der Waals surface area (Å²) >= 11 is 5.96. The van der Waals surface area contributed by atoms with E-state index in [4.69, 9.17) is 16.9 Å². The fraction of sp³-hybridized carbons (Fsp3) is 0.0556. The van der Waals surface area contributed by atoms with Gasteiger partial charge in [0.1, 0.15) is 17.6 Å². The second-order valence-electron chi connectivity index (χ2n) is 5.27. The first-order valence-electron chi connectivity index (χ1n) is 7.32. The molecule has 3 aromatic rings. The number of hydrogen-bond donors (Lipinski definition) is 1. The molecule has 0 fully saturated rings. The standard InChI is InChI=1S/C18H12ClFN4O/c1-11-14(10-22-24(11)17-5-3-2-4-16(17)20)18(25)23-13-7-6-12(9-21)15(19)8-13/h2-8,10H,1H3,(H,23,25). The SMILES string of the molecule is Cc1c(C(=O)Nc2ccc(C#N)c(Cl)c2)cnn1-c1ccccc1F. The predicted octanol–water partition coefficient (Wildman–Crippen LogP) is 4.10. The molecule has 0 aliphatic carbocycles. The van der Waals surface area contributed by atoms with Crippen molar-refractivity contribution in [2.75, 3.05) is 5.32 Å². The quantitative estimate of drug-likeness (QED) is 0.769.